The van der Waals surface area contributed by atoms with E-state index in [2.05, 4.69) is 5.32 Å². The normalized spacial score (nSPS) is 14.6. The molecule has 0 radical (unpaired) electrons. The van der Waals surface area contributed by atoms with Crippen LogP contribution in [0.15, 0.2) is 84.4 Å². The maximum Gasteiger partial charge on any atom is 0.341 e. The van der Waals surface area contributed by atoms with E-state index in [1.807, 2.05) is 30.3 Å². The third-order valence-electron chi connectivity index (χ3n) is 5.01. The van der Waals surface area contributed by atoms with E-state index in [4.69, 9.17) is 14.6 Å². The van der Waals surface area contributed by atoms with Crippen molar-refractivity contribution in [2.24, 2.45) is 0 Å². The summed E-state index contributed by atoms with van der Waals surface area (Å²) >= 11 is 0. The van der Waals surface area contributed by atoms with Gasteiger partial charge in [-0.15, -0.1) is 0 Å². The number of carboxylic acids is 1. The van der Waals surface area contributed by atoms with Crippen LogP contribution >= 0.6 is 0 Å². The zero-order valence-electron chi connectivity index (χ0n) is 18.3. The highest BCUT2D eigenvalue weighted by Gasteiger charge is 2.37. The summed E-state index contributed by atoms with van der Waals surface area (Å²) in [6.45, 7) is -0.238. The van der Waals surface area contributed by atoms with Gasteiger partial charge in [-0.05, 0) is 42.0 Å². The number of urea groups is 1. The molecule has 3 aromatic rings. The largest absolute Gasteiger partial charge is 0.489 e. The van der Waals surface area contributed by atoms with Gasteiger partial charge in [-0.3, -0.25) is 14.9 Å². The van der Waals surface area contributed by atoms with Crippen molar-refractivity contribution in [3.63, 3.8) is 0 Å². The average Bonchev–Trinajstić information content (AvgIpc) is 2.86. The van der Waals surface area contributed by atoms with Crippen molar-refractivity contribution in [2.45, 2.75) is 6.61 Å². The van der Waals surface area contributed by atoms with Crippen LogP contribution in [0.5, 0.6) is 11.5 Å². The molecule has 1 aliphatic heterocycles. The Labute approximate surface area is 200 Å². The number of ether oxygens (including phenoxy) is 2. The number of para-hydroxylation sites is 1. The zero-order valence-corrected chi connectivity index (χ0v) is 18.3. The summed E-state index contributed by atoms with van der Waals surface area (Å²) in [5.41, 5.74) is 1.24. The minimum absolute atomic E-state index is 0.173. The Morgan fingerprint density at radius 3 is 2.29 bits per heavy atom. The predicted molar refractivity (Wildman–Crippen MR) is 126 cm³/mol. The van der Waals surface area contributed by atoms with Gasteiger partial charge in [0.2, 0.25) is 0 Å². The number of nitrogens with zero attached hydrogens (tertiary/aromatic N) is 1. The number of barbiturate groups is 1. The molecule has 0 spiro atoms. The van der Waals surface area contributed by atoms with Gasteiger partial charge >= 0.3 is 12.0 Å². The molecule has 0 aliphatic carbocycles. The second-order valence-electron chi connectivity index (χ2n) is 7.45. The minimum Gasteiger partial charge on any atom is -0.489 e. The van der Waals surface area contributed by atoms with Crippen LogP contribution in [0.2, 0.25) is 0 Å². The summed E-state index contributed by atoms with van der Waals surface area (Å²) in [6, 6.07) is 21.4. The average molecular weight is 472 g/mol. The van der Waals surface area contributed by atoms with E-state index in [-0.39, 0.29) is 17.0 Å². The summed E-state index contributed by atoms with van der Waals surface area (Å²) in [5.74, 6) is -2.16. The van der Waals surface area contributed by atoms with Crippen molar-refractivity contribution in [1.29, 1.82) is 0 Å². The number of benzene rings is 3. The number of hydrogen-bond donors (Lipinski definition) is 2. The molecular weight excluding hydrogens is 452 g/mol. The number of carbonyl (C=O) groups is 4. The van der Waals surface area contributed by atoms with Crippen LogP contribution in [0.3, 0.4) is 0 Å². The number of anilines is 1. The van der Waals surface area contributed by atoms with E-state index in [1.165, 1.54) is 24.3 Å². The lowest BCUT2D eigenvalue weighted by Crippen LogP contribution is -2.54. The smallest absolute Gasteiger partial charge is 0.341 e. The highest BCUT2D eigenvalue weighted by Crippen LogP contribution is 2.27. The first-order valence-electron chi connectivity index (χ1n) is 10.5. The molecule has 4 rings (SSSR count). The highest BCUT2D eigenvalue weighted by molar-refractivity contribution is 6.39. The van der Waals surface area contributed by atoms with Crippen molar-refractivity contribution in [2.75, 3.05) is 11.5 Å². The molecule has 4 amide bonds. The molecule has 0 saturated carbocycles. The lowest BCUT2D eigenvalue weighted by Gasteiger charge is -2.26. The molecule has 0 atom stereocenters. The zero-order chi connectivity index (χ0) is 24.8. The van der Waals surface area contributed by atoms with Gasteiger partial charge in [-0.2, -0.15) is 0 Å². The Morgan fingerprint density at radius 2 is 1.57 bits per heavy atom. The fourth-order valence-electron chi connectivity index (χ4n) is 3.35. The molecule has 9 nitrogen and oxygen atoms in total. The van der Waals surface area contributed by atoms with Crippen molar-refractivity contribution in [1.82, 2.24) is 5.32 Å². The Hall–Kier alpha value is -4.92. The third-order valence-corrected chi connectivity index (χ3v) is 5.01. The van der Waals surface area contributed by atoms with E-state index < -0.39 is 30.4 Å². The lowest BCUT2D eigenvalue weighted by atomic mass is 10.1. The first kappa shape index (κ1) is 23.2. The summed E-state index contributed by atoms with van der Waals surface area (Å²) in [7, 11) is 0. The van der Waals surface area contributed by atoms with Crippen LogP contribution in [-0.2, 0) is 21.0 Å². The van der Waals surface area contributed by atoms with Crippen LogP contribution in [0.25, 0.3) is 6.08 Å². The van der Waals surface area contributed by atoms with Crippen molar-refractivity contribution in [3.8, 4) is 11.5 Å². The Morgan fingerprint density at radius 1 is 0.886 bits per heavy atom. The molecule has 0 unspecified atom stereocenters. The van der Waals surface area contributed by atoms with Gasteiger partial charge in [0.1, 0.15) is 23.7 Å². The van der Waals surface area contributed by atoms with Crippen molar-refractivity contribution in [3.05, 3.63) is 95.6 Å². The Balaban J connectivity index is 1.55. The molecule has 1 heterocycles. The monoisotopic (exact) mass is 472 g/mol. The number of aliphatic carboxylic acids is 1. The quantitative estimate of drug-likeness (QED) is 0.381. The summed E-state index contributed by atoms with van der Waals surface area (Å²) in [4.78, 5) is 49.7. The van der Waals surface area contributed by atoms with Crippen LogP contribution in [0, 0.1) is 0 Å². The number of carbonyl (C=O) groups excluding carboxylic acids is 3. The molecule has 35 heavy (non-hydrogen) atoms. The molecule has 1 aliphatic rings. The number of amides is 4. The SMILES string of the molecule is O=C(O)COc1ccccc1/C=C1\C(=O)NC(=O)N(c2ccc(OCc3ccccc3)cc2)C1=O. The first-order chi connectivity index (χ1) is 16.9. The van der Waals surface area contributed by atoms with Gasteiger partial charge in [-0.1, -0.05) is 48.5 Å². The standard InChI is InChI=1S/C26H20N2O7/c29-23(30)16-35-22-9-5-4-8-18(22)14-21-24(31)27-26(33)28(25(21)32)19-10-12-20(13-11-19)34-15-17-6-2-1-3-7-17/h1-14H,15-16H2,(H,29,30)(H,27,31,33)/b21-14+. The van der Waals surface area contributed by atoms with E-state index in [0.717, 1.165) is 10.5 Å². The number of rotatable bonds is 8. The molecular formula is C26H20N2O7. The fourth-order valence-corrected chi connectivity index (χ4v) is 3.35. The summed E-state index contributed by atoms with van der Waals surface area (Å²) < 4.78 is 11.0. The van der Waals surface area contributed by atoms with Gasteiger partial charge in [0.05, 0.1) is 5.69 Å². The first-order valence-corrected chi connectivity index (χ1v) is 10.5. The van der Waals surface area contributed by atoms with Crippen LogP contribution in [0.1, 0.15) is 11.1 Å². The molecule has 3 aromatic carbocycles. The predicted octanol–water partition coefficient (Wildman–Crippen LogP) is 3.40. The fraction of sp³-hybridized carbons (Fsp3) is 0.0769. The second-order valence-corrected chi connectivity index (χ2v) is 7.45. The van der Waals surface area contributed by atoms with Gasteiger partial charge in [0, 0.05) is 5.56 Å². The van der Waals surface area contributed by atoms with Gasteiger partial charge in [0.25, 0.3) is 11.8 Å². The number of hydrogen-bond acceptors (Lipinski definition) is 6. The second kappa shape index (κ2) is 10.3. The highest BCUT2D eigenvalue weighted by atomic mass is 16.5. The minimum atomic E-state index is -1.17. The summed E-state index contributed by atoms with van der Waals surface area (Å²) in [6.07, 6.45) is 1.26. The van der Waals surface area contributed by atoms with Crippen LogP contribution in [0.4, 0.5) is 10.5 Å². The van der Waals surface area contributed by atoms with Crippen LogP contribution in [-0.4, -0.2) is 35.5 Å². The maximum absolute atomic E-state index is 13.1. The molecule has 0 aromatic heterocycles. The molecule has 2 N–H and O–H groups in total. The van der Waals surface area contributed by atoms with E-state index in [9.17, 15) is 19.2 Å². The summed E-state index contributed by atoms with van der Waals surface area (Å²) in [5, 5.41) is 11.0. The molecule has 1 saturated heterocycles. The number of carboxylic acid groups (broad SMARTS) is 1. The number of imide groups is 2. The topological polar surface area (TPSA) is 122 Å². The van der Waals surface area contributed by atoms with E-state index in [0.29, 0.717) is 17.9 Å². The van der Waals surface area contributed by atoms with Gasteiger partial charge in [0.15, 0.2) is 6.61 Å². The molecule has 9 heteroatoms. The van der Waals surface area contributed by atoms with E-state index in [1.54, 1.807) is 30.3 Å². The Kier molecular flexibility index (Phi) is 6.87. The van der Waals surface area contributed by atoms with Gasteiger partial charge in [-0.25, -0.2) is 14.5 Å². The molecule has 176 valence electrons. The maximum atomic E-state index is 13.1. The van der Waals surface area contributed by atoms with Gasteiger partial charge < -0.3 is 14.6 Å². The van der Waals surface area contributed by atoms with Crippen molar-refractivity contribution < 1.29 is 33.8 Å². The van der Waals surface area contributed by atoms with Crippen molar-refractivity contribution >= 4 is 35.6 Å². The third kappa shape index (κ3) is 5.53. The molecule has 0 bridgehead atoms. The van der Waals surface area contributed by atoms with Crippen LogP contribution < -0.4 is 19.7 Å². The van der Waals surface area contributed by atoms with E-state index >= 15 is 0 Å². The lowest BCUT2D eigenvalue weighted by molar-refractivity contribution is -0.139. The molecule has 1 fully saturated rings. The number of nitrogens with one attached hydrogen (secondary N) is 1. The Bertz CT molecular complexity index is 1300.